The van der Waals surface area contributed by atoms with E-state index >= 15 is 0 Å². The van der Waals surface area contributed by atoms with Gasteiger partial charge in [-0.3, -0.25) is 14.5 Å². The fraction of sp³-hybridized carbons (Fsp3) is 0.579. The van der Waals surface area contributed by atoms with Gasteiger partial charge in [0.25, 0.3) is 5.91 Å². The van der Waals surface area contributed by atoms with Gasteiger partial charge in [0, 0.05) is 50.5 Å². The zero-order valence-electron chi connectivity index (χ0n) is 15.9. The van der Waals surface area contributed by atoms with E-state index in [9.17, 15) is 9.59 Å². The highest BCUT2D eigenvalue weighted by Gasteiger charge is 2.24. The predicted octanol–water partition coefficient (Wildman–Crippen LogP) is 2.19. The molecule has 2 aliphatic heterocycles. The smallest absolute Gasteiger partial charge is 0.254 e. The lowest BCUT2D eigenvalue weighted by molar-refractivity contribution is -0.131. The Morgan fingerprint density at radius 2 is 1.59 bits per heavy atom. The molecule has 2 amide bonds. The maximum atomic E-state index is 12.8. The Hall–Kier alpha value is -1.50. The van der Waals surface area contributed by atoms with Crippen molar-refractivity contribution in [3.8, 4) is 0 Å². The summed E-state index contributed by atoms with van der Waals surface area (Å²) in [7, 11) is 0. The highest BCUT2D eigenvalue weighted by molar-refractivity contribution is 5.96. The number of halogens is 2. The van der Waals surface area contributed by atoms with Gasteiger partial charge in [-0.1, -0.05) is 6.07 Å². The minimum absolute atomic E-state index is 0. The fourth-order valence-electron chi connectivity index (χ4n) is 3.63. The van der Waals surface area contributed by atoms with Crippen molar-refractivity contribution >= 4 is 42.3 Å². The molecular weight excluding hydrogens is 387 g/mol. The molecule has 0 saturated carbocycles. The number of hydrogen-bond acceptors (Lipinski definition) is 4. The van der Waals surface area contributed by atoms with E-state index in [0.717, 1.165) is 57.5 Å². The van der Waals surface area contributed by atoms with Crippen molar-refractivity contribution in [2.75, 3.05) is 51.5 Å². The molecule has 0 spiro atoms. The van der Waals surface area contributed by atoms with Crippen LogP contribution in [0, 0.1) is 6.92 Å². The Balaban J connectivity index is 0.00000182. The normalized spacial score (nSPS) is 17.7. The molecule has 2 fully saturated rings. The fourth-order valence-corrected chi connectivity index (χ4v) is 3.63. The first kappa shape index (κ1) is 23.5. The highest BCUT2D eigenvalue weighted by Crippen LogP contribution is 2.17. The molecule has 6 nitrogen and oxygen atoms in total. The number of benzene rings is 1. The van der Waals surface area contributed by atoms with E-state index in [1.165, 1.54) is 0 Å². The number of nitrogens with two attached hydrogens (primary N) is 1. The van der Waals surface area contributed by atoms with Crippen LogP contribution in [-0.2, 0) is 4.79 Å². The monoisotopic (exact) mass is 416 g/mol. The van der Waals surface area contributed by atoms with Gasteiger partial charge >= 0.3 is 0 Å². The molecule has 2 saturated heterocycles. The number of amides is 2. The first-order chi connectivity index (χ1) is 12.0. The molecule has 0 aliphatic carbocycles. The summed E-state index contributed by atoms with van der Waals surface area (Å²) in [6, 6.07) is 5.47. The minimum Gasteiger partial charge on any atom is -0.399 e. The van der Waals surface area contributed by atoms with E-state index in [4.69, 9.17) is 5.73 Å². The van der Waals surface area contributed by atoms with Gasteiger partial charge in [-0.25, -0.2) is 0 Å². The summed E-state index contributed by atoms with van der Waals surface area (Å²) in [6.07, 6.45) is 3.13. The molecule has 3 rings (SSSR count). The van der Waals surface area contributed by atoms with E-state index in [0.29, 0.717) is 24.3 Å². The number of aryl methyl sites for hydroxylation is 1. The van der Waals surface area contributed by atoms with Crippen molar-refractivity contribution in [2.45, 2.75) is 26.2 Å². The second kappa shape index (κ2) is 10.7. The van der Waals surface area contributed by atoms with Gasteiger partial charge in [0.1, 0.15) is 0 Å². The summed E-state index contributed by atoms with van der Waals surface area (Å²) in [5.74, 6) is 0.265. The second-order valence-electron chi connectivity index (χ2n) is 7.08. The molecular formula is C19H30Cl2N4O2. The van der Waals surface area contributed by atoms with Crippen LogP contribution >= 0.6 is 24.8 Å². The molecule has 0 unspecified atom stereocenters. The molecule has 1 aromatic rings. The van der Waals surface area contributed by atoms with E-state index in [2.05, 4.69) is 4.90 Å². The predicted molar refractivity (Wildman–Crippen MR) is 113 cm³/mol. The van der Waals surface area contributed by atoms with Crippen LogP contribution in [0.2, 0.25) is 0 Å². The lowest BCUT2D eigenvalue weighted by atomic mass is 10.1. The Morgan fingerprint density at radius 3 is 2.30 bits per heavy atom. The Labute approximate surface area is 173 Å². The summed E-state index contributed by atoms with van der Waals surface area (Å²) in [5, 5.41) is 0. The summed E-state index contributed by atoms with van der Waals surface area (Å²) in [6.45, 7) is 7.18. The molecule has 2 heterocycles. The number of carbonyl (C=O) groups is 2. The summed E-state index contributed by atoms with van der Waals surface area (Å²) in [4.78, 5) is 31.2. The third-order valence-electron chi connectivity index (χ3n) is 5.19. The quantitative estimate of drug-likeness (QED) is 0.766. The summed E-state index contributed by atoms with van der Waals surface area (Å²) < 4.78 is 0. The van der Waals surface area contributed by atoms with Crippen LogP contribution in [-0.4, -0.2) is 72.3 Å². The van der Waals surface area contributed by atoms with Crippen molar-refractivity contribution in [2.24, 2.45) is 0 Å². The first-order valence-corrected chi connectivity index (χ1v) is 9.20. The average molecular weight is 417 g/mol. The molecule has 0 radical (unpaired) electrons. The molecule has 2 aliphatic rings. The van der Waals surface area contributed by atoms with Gasteiger partial charge in [-0.2, -0.15) is 0 Å². The number of likely N-dealkylation sites (tertiary alicyclic amines) is 1. The van der Waals surface area contributed by atoms with Gasteiger partial charge in [-0.05, 0) is 43.9 Å². The highest BCUT2D eigenvalue weighted by atomic mass is 35.5. The van der Waals surface area contributed by atoms with Gasteiger partial charge in [0.2, 0.25) is 5.91 Å². The van der Waals surface area contributed by atoms with Crippen molar-refractivity contribution in [3.63, 3.8) is 0 Å². The maximum absolute atomic E-state index is 12.8. The largest absolute Gasteiger partial charge is 0.399 e. The topological polar surface area (TPSA) is 69.9 Å². The first-order valence-electron chi connectivity index (χ1n) is 9.20. The number of nitrogens with zero attached hydrogens (tertiary/aromatic N) is 3. The van der Waals surface area contributed by atoms with Crippen LogP contribution < -0.4 is 5.73 Å². The van der Waals surface area contributed by atoms with E-state index < -0.39 is 0 Å². The lowest BCUT2D eigenvalue weighted by Gasteiger charge is -2.24. The SMILES string of the molecule is Cc1ccc(N)cc1C(=O)N1CCCN(CC(=O)N2CCCC2)CC1.Cl.Cl. The summed E-state index contributed by atoms with van der Waals surface area (Å²) in [5.41, 5.74) is 8.08. The van der Waals surface area contributed by atoms with Gasteiger partial charge in [0.05, 0.1) is 6.54 Å². The number of hydrogen-bond donors (Lipinski definition) is 1. The lowest BCUT2D eigenvalue weighted by Crippen LogP contribution is -2.41. The summed E-state index contributed by atoms with van der Waals surface area (Å²) >= 11 is 0. The standard InChI is InChI=1S/C19H28N4O2.2ClH/c1-15-5-6-16(20)13-17(15)19(25)23-10-4-7-21(11-12-23)14-18(24)22-8-2-3-9-22;;/h5-6,13H,2-4,7-12,14,20H2,1H3;2*1H. The number of rotatable bonds is 3. The molecule has 0 atom stereocenters. The zero-order valence-corrected chi connectivity index (χ0v) is 17.5. The Morgan fingerprint density at radius 1 is 0.926 bits per heavy atom. The number of anilines is 1. The molecule has 0 aromatic heterocycles. The van der Waals surface area contributed by atoms with Crippen molar-refractivity contribution < 1.29 is 9.59 Å². The zero-order chi connectivity index (χ0) is 17.8. The van der Waals surface area contributed by atoms with E-state index in [-0.39, 0.29) is 36.6 Å². The molecule has 0 bridgehead atoms. The van der Waals surface area contributed by atoms with Crippen molar-refractivity contribution in [3.05, 3.63) is 29.3 Å². The van der Waals surface area contributed by atoms with Crippen molar-refractivity contribution in [1.29, 1.82) is 0 Å². The second-order valence-corrected chi connectivity index (χ2v) is 7.08. The van der Waals surface area contributed by atoms with Crippen LogP contribution in [0.15, 0.2) is 18.2 Å². The minimum atomic E-state index is 0. The Kier molecular flexibility index (Phi) is 9.36. The van der Waals surface area contributed by atoms with E-state index in [1.807, 2.05) is 28.9 Å². The van der Waals surface area contributed by atoms with E-state index in [1.54, 1.807) is 6.07 Å². The average Bonchev–Trinajstić information content (AvgIpc) is 3.04. The maximum Gasteiger partial charge on any atom is 0.254 e. The van der Waals surface area contributed by atoms with Gasteiger partial charge in [0.15, 0.2) is 0 Å². The number of nitrogen functional groups attached to an aromatic ring is 1. The number of carbonyl (C=O) groups excluding carboxylic acids is 2. The van der Waals surface area contributed by atoms with Crippen molar-refractivity contribution in [1.82, 2.24) is 14.7 Å². The van der Waals surface area contributed by atoms with Crippen LogP contribution in [0.1, 0.15) is 35.2 Å². The third kappa shape index (κ3) is 5.99. The van der Waals surface area contributed by atoms with Crippen LogP contribution in [0.3, 0.4) is 0 Å². The van der Waals surface area contributed by atoms with Crippen LogP contribution in [0.5, 0.6) is 0 Å². The molecule has 2 N–H and O–H groups in total. The third-order valence-corrected chi connectivity index (χ3v) is 5.19. The van der Waals surface area contributed by atoms with Crippen LogP contribution in [0.25, 0.3) is 0 Å². The van der Waals surface area contributed by atoms with Gasteiger partial charge in [-0.15, -0.1) is 24.8 Å². The van der Waals surface area contributed by atoms with Crippen LogP contribution in [0.4, 0.5) is 5.69 Å². The molecule has 27 heavy (non-hydrogen) atoms. The molecule has 1 aromatic carbocycles. The molecule has 152 valence electrons. The van der Waals surface area contributed by atoms with Gasteiger partial charge < -0.3 is 15.5 Å². The Bertz CT molecular complexity index is 651. The molecule has 8 heteroatoms.